The van der Waals surface area contributed by atoms with E-state index in [2.05, 4.69) is 21.8 Å². The Bertz CT molecular complexity index is 1390. The Balaban J connectivity index is 1.71. The number of carbonyl (C=O) groups excluding carboxylic acids is 1. The smallest absolute Gasteiger partial charge is 0.262 e. The lowest BCUT2D eigenvalue weighted by molar-refractivity contribution is 0.0344. The molecule has 10 heteroatoms. The van der Waals surface area contributed by atoms with Gasteiger partial charge >= 0.3 is 0 Å². The predicted molar refractivity (Wildman–Crippen MR) is 153 cm³/mol. The Morgan fingerprint density at radius 2 is 1.79 bits per heavy atom. The average Bonchev–Trinajstić information content (AvgIpc) is 2.91. The molecular weight excluding hydrogens is 538 g/mol. The lowest BCUT2D eigenvalue weighted by atomic mass is 9.99. The number of rotatable bonds is 9. The lowest BCUT2D eigenvalue weighted by Crippen LogP contribution is -2.49. The number of aliphatic hydroxyl groups is 1. The summed E-state index contributed by atoms with van der Waals surface area (Å²) < 4.78 is 35.6. The Hall–Kier alpha value is -3.11. The fourth-order valence-corrected chi connectivity index (χ4v) is 5.81. The van der Waals surface area contributed by atoms with Crippen molar-refractivity contribution in [3.63, 3.8) is 0 Å². The number of para-hydroxylation sites is 1. The average molecular weight is 572 g/mol. The number of aliphatic hydroxyl groups excluding tert-OH is 1. The molecule has 3 aromatic rings. The van der Waals surface area contributed by atoms with E-state index in [0.29, 0.717) is 24.7 Å². The predicted octanol–water partition coefficient (Wildman–Crippen LogP) is 4.49. The number of fused-ring (bicyclic) bond motifs is 1. The van der Waals surface area contributed by atoms with Crippen LogP contribution in [0, 0.1) is 5.92 Å². The number of amides is 1. The summed E-state index contributed by atoms with van der Waals surface area (Å²) in [4.78, 5) is 17.5. The zero-order valence-corrected chi connectivity index (χ0v) is 23.8. The van der Waals surface area contributed by atoms with Gasteiger partial charge in [-0.15, -0.1) is 0 Å². The molecule has 1 heterocycles. The summed E-state index contributed by atoms with van der Waals surface area (Å²) in [5.74, 6) is -0.280. The van der Waals surface area contributed by atoms with Gasteiger partial charge in [0.15, 0.2) is 5.75 Å². The maximum Gasteiger partial charge on any atom is 0.262 e. The number of halogens is 1. The number of hydrogen-bond acceptors (Lipinski definition) is 6. The van der Waals surface area contributed by atoms with E-state index in [-0.39, 0.29) is 46.4 Å². The molecule has 0 fully saturated rings. The molecule has 0 aromatic heterocycles. The molecule has 0 saturated heterocycles. The van der Waals surface area contributed by atoms with E-state index in [0.717, 1.165) is 5.56 Å². The van der Waals surface area contributed by atoms with Crippen LogP contribution >= 0.6 is 11.6 Å². The number of nitrogens with one attached hydrogen (secondary N) is 1. The molecular formula is C29H34ClN3O5S. The normalized spacial score (nSPS) is 18.6. The molecule has 4 rings (SSSR count). The van der Waals surface area contributed by atoms with Crippen molar-refractivity contribution in [3.8, 4) is 5.75 Å². The van der Waals surface area contributed by atoms with Crippen LogP contribution in [0.4, 0.5) is 5.69 Å². The number of ether oxygens (including phenoxy) is 1. The number of nitrogens with zero attached hydrogens (tertiary/aromatic N) is 2. The van der Waals surface area contributed by atoms with Crippen molar-refractivity contribution < 1.29 is 23.1 Å². The van der Waals surface area contributed by atoms with Crippen LogP contribution in [0.1, 0.15) is 29.8 Å². The zero-order valence-electron chi connectivity index (χ0n) is 22.2. The number of anilines is 1. The zero-order chi connectivity index (χ0) is 28.2. The molecule has 0 saturated carbocycles. The Kier molecular flexibility index (Phi) is 9.17. The molecule has 39 heavy (non-hydrogen) atoms. The van der Waals surface area contributed by atoms with Gasteiger partial charge in [0.05, 0.1) is 28.8 Å². The van der Waals surface area contributed by atoms with Crippen molar-refractivity contribution in [1.29, 1.82) is 0 Å². The van der Waals surface area contributed by atoms with Crippen molar-refractivity contribution in [2.24, 2.45) is 5.92 Å². The van der Waals surface area contributed by atoms with Gasteiger partial charge in [-0.3, -0.25) is 14.4 Å². The minimum absolute atomic E-state index is 0.0321. The fourth-order valence-electron chi connectivity index (χ4n) is 4.63. The van der Waals surface area contributed by atoms with E-state index in [1.165, 1.54) is 24.3 Å². The molecule has 0 spiro atoms. The van der Waals surface area contributed by atoms with Crippen LogP contribution in [0.2, 0.25) is 5.02 Å². The SMILES string of the molecule is C[C@@H]1CN([C@H](C)CO)C(=O)c2cccc(NS(=O)(=O)c3ccc(Cl)cc3)c2O[C@@H]1CN(C)Cc1ccccc1. The van der Waals surface area contributed by atoms with Crippen LogP contribution in [-0.2, 0) is 16.6 Å². The summed E-state index contributed by atoms with van der Waals surface area (Å²) in [6.07, 6.45) is -0.375. The standard InChI is InChI=1S/C29H34ClN3O5S/c1-20-16-33(21(2)19-34)29(35)25-10-7-11-26(31-39(36,37)24-14-12-23(30)13-15-24)28(25)38-27(20)18-32(3)17-22-8-5-4-6-9-22/h4-15,20-21,27,31,34H,16-19H2,1-3H3/t20-,21-,27-/m1/s1. The first-order chi connectivity index (χ1) is 18.6. The Morgan fingerprint density at radius 3 is 2.46 bits per heavy atom. The quantitative estimate of drug-likeness (QED) is 0.392. The highest BCUT2D eigenvalue weighted by Crippen LogP contribution is 2.36. The molecule has 1 aliphatic heterocycles. The van der Waals surface area contributed by atoms with E-state index >= 15 is 0 Å². The highest BCUT2D eigenvalue weighted by molar-refractivity contribution is 7.92. The molecule has 208 valence electrons. The molecule has 0 bridgehead atoms. The molecule has 0 aliphatic carbocycles. The van der Waals surface area contributed by atoms with Gasteiger partial charge in [-0.05, 0) is 55.9 Å². The topological polar surface area (TPSA) is 99.2 Å². The molecule has 1 amide bonds. The van der Waals surface area contributed by atoms with Crippen molar-refractivity contribution in [2.45, 2.75) is 37.4 Å². The number of benzene rings is 3. The van der Waals surface area contributed by atoms with Gasteiger partial charge in [-0.25, -0.2) is 8.42 Å². The second kappa shape index (κ2) is 12.4. The summed E-state index contributed by atoms with van der Waals surface area (Å²) in [6.45, 7) is 5.19. The summed E-state index contributed by atoms with van der Waals surface area (Å²) in [6, 6.07) is 20.3. The molecule has 3 atom stereocenters. The fraction of sp³-hybridized carbons (Fsp3) is 0.345. The maximum absolute atomic E-state index is 13.7. The maximum atomic E-state index is 13.7. The molecule has 0 unspecified atom stereocenters. The number of hydrogen-bond donors (Lipinski definition) is 2. The largest absolute Gasteiger partial charge is 0.486 e. The van der Waals surface area contributed by atoms with Crippen molar-refractivity contribution in [3.05, 3.63) is 88.9 Å². The molecule has 0 radical (unpaired) electrons. The van der Waals surface area contributed by atoms with Crippen LogP contribution in [0.25, 0.3) is 0 Å². The summed E-state index contributed by atoms with van der Waals surface area (Å²) in [7, 11) is -2.00. The third-order valence-corrected chi connectivity index (χ3v) is 8.48. The minimum atomic E-state index is -4.00. The van der Waals surface area contributed by atoms with E-state index in [4.69, 9.17) is 16.3 Å². The molecule has 2 N–H and O–H groups in total. The highest BCUT2D eigenvalue weighted by Gasteiger charge is 2.35. The lowest BCUT2D eigenvalue weighted by Gasteiger charge is -2.38. The molecule has 1 aliphatic rings. The summed E-state index contributed by atoms with van der Waals surface area (Å²) in [5, 5.41) is 10.3. The van der Waals surface area contributed by atoms with Gasteiger partial charge in [-0.1, -0.05) is 54.9 Å². The number of carbonyl (C=O) groups is 1. The highest BCUT2D eigenvalue weighted by atomic mass is 35.5. The number of sulfonamides is 1. The van der Waals surface area contributed by atoms with E-state index in [1.807, 2.05) is 32.2 Å². The van der Waals surface area contributed by atoms with Gasteiger partial charge in [0, 0.05) is 30.6 Å². The van der Waals surface area contributed by atoms with Gasteiger partial charge in [-0.2, -0.15) is 0 Å². The minimum Gasteiger partial charge on any atom is -0.486 e. The Morgan fingerprint density at radius 1 is 1.10 bits per heavy atom. The third kappa shape index (κ3) is 6.91. The summed E-state index contributed by atoms with van der Waals surface area (Å²) in [5.41, 5.74) is 1.55. The number of likely N-dealkylation sites (N-methyl/N-ethyl adjacent to an activating group) is 1. The van der Waals surface area contributed by atoms with E-state index < -0.39 is 16.1 Å². The van der Waals surface area contributed by atoms with E-state index in [9.17, 15) is 18.3 Å². The second-order valence-corrected chi connectivity index (χ2v) is 12.2. The third-order valence-electron chi connectivity index (χ3n) is 6.85. The molecule has 8 nitrogen and oxygen atoms in total. The van der Waals surface area contributed by atoms with Crippen LogP contribution < -0.4 is 9.46 Å². The first-order valence-electron chi connectivity index (χ1n) is 12.8. The van der Waals surface area contributed by atoms with Gasteiger partial charge in [0.2, 0.25) is 0 Å². The van der Waals surface area contributed by atoms with Crippen molar-refractivity contribution in [1.82, 2.24) is 9.80 Å². The van der Waals surface area contributed by atoms with Gasteiger partial charge in [0.25, 0.3) is 15.9 Å². The van der Waals surface area contributed by atoms with E-state index in [1.54, 1.807) is 30.0 Å². The first-order valence-corrected chi connectivity index (χ1v) is 14.7. The molecule has 3 aromatic carbocycles. The van der Waals surface area contributed by atoms with Crippen LogP contribution in [-0.4, -0.2) is 68.1 Å². The van der Waals surface area contributed by atoms with Crippen molar-refractivity contribution >= 4 is 33.2 Å². The second-order valence-electron chi connectivity index (χ2n) is 10.0. The monoisotopic (exact) mass is 571 g/mol. The first kappa shape index (κ1) is 28.9. The van der Waals surface area contributed by atoms with Crippen LogP contribution in [0.5, 0.6) is 5.75 Å². The summed E-state index contributed by atoms with van der Waals surface area (Å²) >= 11 is 5.94. The Labute approximate surface area is 235 Å². The van der Waals surface area contributed by atoms with Crippen LogP contribution in [0.15, 0.2) is 77.7 Å². The van der Waals surface area contributed by atoms with Crippen molar-refractivity contribution in [2.75, 3.05) is 31.5 Å². The van der Waals surface area contributed by atoms with Gasteiger partial charge in [0.1, 0.15) is 6.10 Å². The van der Waals surface area contributed by atoms with Crippen LogP contribution in [0.3, 0.4) is 0 Å². The van der Waals surface area contributed by atoms with Gasteiger partial charge < -0.3 is 14.7 Å².